The van der Waals surface area contributed by atoms with Crippen molar-refractivity contribution in [2.24, 2.45) is 22.7 Å². The molecule has 0 aromatic rings. The molecule has 4 saturated carbocycles. The third-order valence-electron chi connectivity index (χ3n) is 5.64. The Labute approximate surface area is 104 Å². The van der Waals surface area contributed by atoms with Crippen LogP contribution in [0.1, 0.15) is 58.8 Å². The molecule has 0 spiro atoms. The predicted molar refractivity (Wildman–Crippen MR) is 66.5 cm³/mol. The van der Waals surface area contributed by atoms with Crippen LogP contribution in [-0.2, 0) is 9.53 Å². The summed E-state index contributed by atoms with van der Waals surface area (Å²) < 4.78 is 5.38. The van der Waals surface area contributed by atoms with Gasteiger partial charge in [0.05, 0.1) is 12.0 Å². The van der Waals surface area contributed by atoms with E-state index in [0.717, 1.165) is 31.1 Å². The smallest absolute Gasteiger partial charge is 0.312 e. The molecule has 0 aliphatic heterocycles. The predicted octanol–water partition coefficient (Wildman–Crippen LogP) is 3.55. The summed E-state index contributed by atoms with van der Waals surface area (Å²) in [5.74, 6) is 1.73. The highest BCUT2D eigenvalue weighted by Gasteiger charge is 2.60. The van der Waals surface area contributed by atoms with Crippen molar-refractivity contribution in [3.8, 4) is 0 Å². The van der Waals surface area contributed by atoms with Crippen LogP contribution in [0.2, 0.25) is 0 Å². The van der Waals surface area contributed by atoms with Crippen molar-refractivity contribution in [3.05, 3.63) is 0 Å². The second-order valence-electron chi connectivity index (χ2n) is 6.82. The Bertz CT molecular complexity index is 320. The summed E-state index contributed by atoms with van der Waals surface area (Å²) in [6.07, 6.45) is 8.73. The maximum Gasteiger partial charge on any atom is 0.312 e. The highest BCUT2D eigenvalue weighted by atomic mass is 16.5. The summed E-state index contributed by atoms with van der Waals surface area (Å²) in [6, 6.07) is 0. The molecule has 96 valence electrons. The number of rotatable bonds is 3. The lowest BCUT2D eigenvalue weighted by Gasteiger charge is -2.60. The second kappa shape index (κ2) is 3.73. The molecule has 0 aromatic carbocycles. The zero-order valence-electron chi connectivity index (χ0n) is 11.1. The number of esters is 1. The monoisotopic (exact) mass is 236 g/mol. The van der Waals surface area contributed by atoms with Gasteiger partial charge in [-0.3, -0.25) is 4.79 Å². The minimum absolute atomic E-state index is 0.0872. The van der Waals surface area contributed by atoms with Crippen LogP contribution < -0.4 is 0 Å². The first kappa shape index (κ1) is 11.6. The summed E-state index contributed by atoms with van der Waals surface area (Å²) in [6.45, 7) is 4.77. The molecule has 2 nitrogen and oxygen atoms in total. The SMILES string of the molecule is CCOC(=O)C12CC3CC(CC(CC)(C3)C1)C2. The van der Waals surface area contributed by atoms with Gasteiger partial charge >= 0.3 is 5.97 Å². The number of hydrogen-bond acceptors (Lipinski definition) is 2. The molecule has 2 heteroatoms. The summed E-state index contributed by atoms with van der Waals surface area (Å²) in [5.41, 5.74) is 0.396. The standard InChI is InChI=1S/C15H24O2/c1-3-14-6-11-5-12(7-14)9-15(8-11,10-14)13(16)17-4-2/h11-12H,3-10H2,1-2H3. The van der Waals surface area contributed by atoms with Crippen molar-refractivity contribution >= 4 is 5.97 Å². The molecular formula is C15H24O2. The maximum absolute atomic E-state index is 12.3. The van der Waals surface area contributed by atoms with Crippen molar-refractivity contribution in [2.45, 2.75) is 58.8 Å². The van der Waals surface area contributed by atoms with Crippen LogP contribution in [0.4, 0.5) is 0 Å². The van der Waals surface area contributed by atoms with Gasteiger partial charge in [-0.15, -0.1) is 0 Å². The number of ether oxygens (including phenoxy) is 1. The molecule has 2 unspecified atom stereocenters. The Hall–Kier alpha value is -0.530. The van der Waals surface area contributed by atoms with Gasteiger partial charge in [-0.2, -0.15) is 0 Å². The molecule has 0 radical (unpaired) electrons. The largest absolute Gasteiger partial charge is 0.466 e. The van der Waals surface area contributed by atoms with E-state index in [2.05, 4.69) is 6.92 Å². The zero-order valence-corrected chi connectivity index (χ0v) is 11.1. The van der Waals surface area contributed by atoms with E-state index in [1.807, 2.05) is 6.92 Å². The van der Waals surface area contributed by atoms with Crippen molar-refractivity contribution < 1.29 is 9.53 Å². The van der Waals surface area contributed by atoms with Gasteiger partial charge in [0.2, 0.25) is 0 Å². The van der Waals surface area contributed by atoms with Gasteiger partial charge in [-0.05, 0) is 62.7 Å². The average molecular weight is 236 g/mol. The molecule has 0 aromatic heterocycles. The molecule has 0 amide bonds. The normalized spacial score (nSPS) is 47.2. The molecule has 0 saturated heterocycles. The molecule has 4 aliphatic carbocycles. The van der Waals surface area contributed by atoms with Crippen molar-refractivity contribution in [1.82, 2.24) is 0 Å². The molecule has 0 heterocycles. The van der Waals surface area contributed by atoms with Crippen LogP contribution in [0, 0.1) is 22.7 Å². The van der Waals surface area contributed by atoms with Gasteiger partial charge in [0, 0.05) is 0 Å². The summed E-state index contributed by atoms with van der Waals surface area (Å²) in [4.78, 5) is 12.3. The van der Waals surface area contributed by atoms with E-state index in [-0.39, 0.29) is 11.4 Å². The second-order valence-corrected chi connectivity index (χ2v) is 6.82. The van der Waals surface area contributed by atoms with Crippen LogP contribution in [0.5, 0.6) is 0 Å². The van der Waals surface area contributed by atoms with Crippen LogP contribution in [0.15, 0.2) is 0 Å². The van der Waals surface area contributed by atoms with Gasteiger partial charge in [-0.25, -0.2) is 0 Å². The molecule has 4 bridgehead atoms. The van der Waals surface area contributed by atoms with Crippen LogP contribution in [0.25, 0.3) is 0 Å². The average Bonchev–Trinajstić information content (AvgIpc) is 2.27. The van der Waals surface area contributed by atoms with Crippen LogP contribution in [0.3, 0.4) is 0 Å². The van der Waals surface area contributed by atoms with E-state index in [0.29, 0.717) is 12.0 Å². The van der Waals surface area contributed by atoms with Gasteiger partial charge in [0.25, 0.3) is 0 Å². The number of carbonyl (C=O) groups is 1. The van der Waals surface area contributed by atoms with Gasteiger partial charge in [0.1, 0.15) is 0 Å². The van der Waals surface area contributed by atoms with E-state index in [1.165, 1.54) is 25.7 Å². The van der Waals surface area contributed by atoms with Gasteiger partial charge in [-0.1, -0.05) is 13.3 Å². The third-order valence-corrected chi connectivity index (χ3v) is 5.64. The van der Waals surface area contributed by atoms with E-state index < -0.39 is 0 Å². The molecule has 4 rings (SSSR count). The summed E-state index contributed by atoms with van der Waals surface area (Å²) >= 11 is 0. The van der Waals surface area contributed by atoms with E-state index in [4.69, 9.17) is 4.74 Å². The maximum atomic E-state index is 12.3. The Morgan fingerprint density at radius 3 is 2.35 bits per heavy atom. The first-order chi connectivity index (χ1) is 8.11. The highest BCUT2D eigenvalue weighted by Crippen LogP contribution is 2.66. The fourth-order valence-electron chi connectivity index (χ4n) is 5.39. The van der Waals surface area contributed by atoms with Crippen molar-refractivity contribution in [1.29, 1.82) is 0 Å². The zero-order chi connectivity index (χ0) is 12.1. The molecular weight excluding hydrogens is 212 g/mol. The third kappa shape index (κ3) is 1.63. The van der Waals surface area contributed by atoms with E-state index in [1.54, 1.807) is 0 Å². The lowest BCUT2D eigenvalue weighted by atomic mass is 9.43. The summed E-state index contributed by atoms with van der Waals surface area (Å²) in [5, 5.41) is 0. The van der Waals surface area contributed by atoms with Crippen molar-refractivity contribution in [3.63, 3.8) is 0 Å². The molecule has 0 N–H and O–H groups in total. The topological polar surface area (TPSA) is 26.3 Å². The lowest BCUT2D eigenvalue weighted by Crippen LogP contribution is -2.55. The minimum Gasteiger partial charge on any atom is -0.466 e. The Morgan fingerprint density at radius 2 is 1.82 bits per heavy atom. The Balaban J connectivity index is 1.89. The minimum atomic E-state index is -0.0872. The van der Waals surface area contributed by atoms with E-state index in [9.17, 15) is 4.79 Å². The Kier molecular flexibility index (Phi) is 2.53. The molecule has 4 fully saturated rings. The summed E-state index contributed by atoms with van der Waals surface area (Å²) in [7, 11) is 0. The highest BCUT2D eigenvalue weighted by molar-refractivity contribution is 5.77. The molecule has 2 atom stereocenters. The first-order valence-corrected chi connectivity index (χ1v) is 7.29. The number of carbonyl (C=O) groups excluding carboxylic acids is 1. The Morgan fingerprint density at radius 1 is 1.18 bits per heavy atom. The molecule has 4 aliphatic rings. The quantitative estimate of drug-likeness (QED) is 0.700. The first-order valence-electron chi connectivity index (χ1n) is 7.29. The fourth-order valence-corrected chi connectivity index (χ4v) is 5.39. The molecule has 17 heavy (non-hydrogen) atoms. The van der Waals surface area contributed by atoms with Gasteiger partial charge in [0.15, 0.2) is 0 Å². The van der Waals surface area contributed by atoms with Crippen LogP contribution in [-0.4, -0.2) is 12.6 Å². The number of hydrogen-bond donors (Lipinski definition) is 0. The van der Waals surface area contributed by atoms with Gasteiger partial charge < -0.3 is 4.74 Å². The van der Waals surface area contributed by atoms with E-state index >= 15 is 0 Å². The lowest BCUT2D eigenvalue weighted by molar-refractivity contribution is -0.180. The van der Waals surface area contributed by atoms with Crippen LogP contribution >= 0.6 is 0 Å². The fraction of sp³-hybridized carbons (Fsp3) is 0.933. The van der Waals surface area contributed by atoms with Crippen molar-refractivity contribution in [2.75, 3.05) is 6.61 Å².